The first-order valence-electron chi connectivity index (χ1n) is 25.9. The van der Waals surface area contributed by atoms with Crippen LogP contribution in [0.25, 0.3) is 33.6 Å². The van der Waals surface area contributed by atoms with Gasteiger partial charge in [-0.05, 0) is 126 Å². The quantitative estimate of drug-likeness (QED) is 0.0837. The van der Waals surface area contributed by atoms with Gasteiger partial charge in [0.05, 0.1) is 47.9 Å². The van der Waals surface area contributed by atoms with Crippen molar-refractivity contribution in [2.75, 3.05) is 13.1 Å². The number of carbonyl (C=O) groups is 4. The van der Waals surface area contributed by atoms with Gasteiger partial charge in [0, 0.05) is 36.6 Å². The van der Waals surface area contributed by atoms with Crippen molar-refractivity contribution in [3.05, 3.63) is 72.6 Å². The summed E-state index contributed by atoms with van der Waals surface area (Å²) in [5.74, 6) is 0.759. The van der Waals surface area contributed by atoms with E-state index in [0.717, 1.165) is 109 Å². The molecule has 6 heterocycles. The topological polar surface area (TPSA) is 215 Å². The maximum absolute atomic E-state index is 14.6. The molecule has 16 nitrogen and oxygen atoms in total. The Morgan fingerprint density at radius 2 is 0.900 bits per heavy atom. The second kappa shape index (κ2) is 19.5. The molecule has 10 rings (SSSR count). The van der Waals surface area contributed by atoms with Gasteiger partial charge in [-0.1, -0.05) is 74.2 Å². The molecular formula is C54H70N8O8. The van der Waals surface area contributed by atoms with Crippen LogP contribution in [0.4, 0.5) is 9.59 Å². The number of hydrogen-bond donors (Lipinski definition) is 6. The predicted molar refractivity (Wildman–Crippen MR) is 262 cm³/mol. The number of nitrogens with zero attached hydrogens (tertiary/aromatic N) is 4. The molecule has 8 atom stereocenters. The molecule has 374 valence electrons. The zero-order valence-corrected chi connectivity index (χ0v) is 41.0. The molecule has 4 aliphatic heterocycles. The highest BCUT2D eigenvalue weighted by molar-refractivity contribution is 5.87. The normalized spacial score (nSPS) is 29.1. The lowest BCUT2D eigenvalue weighted by Crippen LogP contribution is -2.54. The summed E-state index contributed by atoms with van der Waals surface area (Å²) < 4.78 is 11.9. The molecule has 2 aliphatic carbocycles. The lowest BCUT2D eigenvalue weighted by Gasteiger charge is -2.38. The molecular weight excluding hydrogens is 889 g/mol. The van der Waals surface area contributed by atoms with Crippen LogP contribution >= 0.6 is 0 Å². The number of imidazole rings is 2. The van der Waals surface area contributed by atoms with Crippen molar-refractivity contribution in [3.63, 3.8) is 0 Å². The van der Waals surface area contributed by atoms with Crippen LogP contribution in [0.3, 0.4) is 0 Å². The summed E-state index contributed by atoms with van der Waals surface area (Å²) in [7, 11) is 0. The van der Waals surface area contributed by atoms with Gasteiger partial charge in [0.2, 0.25) is 11.8 Å². The van der Waals surface area contributed by atoms with E-state index in [1.54, 1.807) is 0 Å². The van der Waals surface area contributed by atoms with E-state index in [2.05, 4.69) is 69.1 Å². The molecule has 0 unspecified atom stereocenters. The first-order chi connectivity index (χ1) is 33.6. The van der Waals surface area contributed by atoms with E-state index in [0.29, 0.717) is 38.8 Å². The highest BCUT2D eigenvalue weighted by Crippen LogP contribution is 2.54. The Morgan fingerprint density at radius 3 is 1.23 bits per heavy atom. The number of nitrogens with one attached hydrogen (secondary N) is 4. The Hall–Kier alpha value is -5.74. The summed E-state index contributed by atoms with van der Waals surface area (Å²) >= 11 is 0. The fourth-order valence-electron chi connectivity index (χ4n) is 13.9. The number of ether oxygens (including phenoxy) is 2. The Labute approximate surface area is 410 Å². The highest BCUT2D eigenvalue weighted by Gasteiger charge is 2.53. The van der Waals surface area contributed by atoms with Crippen LogP contribution in [0, 0.1) is 22.7 Å². The van der Waals surface area contributed by atoms with E-state index in [4.69, 9.17) is 19.4 Å². The average molecular weight is 959 g/mol. The van der Waals surface area contributed by atoms with E-state index in [1.165, 1.54) is 0 Å². The van der Waals surface area contributed by atoms with E-state index in [1.807, 2.05) is 49.9 Å². The summed E-state index contributed by atoms with van der Waals surface area (Å²) in [5.41, 5.74) is 5.52. The number of carboxylic acid groups (broad SMARTS) is 2. The van der Waals surface area contributed by atoms with Gasteiger partial charge in [-0.2, -0.15) is 0 Å². The van der Waals surface area contributed by atoms with E-state index in [-0.39, 0.29) is 71.0 Å². The smallest absolute Gasteiger partial charge is 0.405 e. The van der Waals surface area contributed by atoms with Crippen molar-refractivity contribution in [3.8, 4) is 33.6 Å². The van der Waals surface area contributed by atoms with E-state index >= 15 is 0 Å². The number of carbonyl (C=O) groups excluding carboxylic acids is 2. The number of likely N-dealkylation sites (tertiary alicyclic amines) is 2. The third-order valence-corrected chi connectivity index (χ3v) is 16.9. The minimum absolute atomic E-state index is 0.000647. The minimum atomic E-state index is -1.19. The van der Waals surface area contributed by atoms with Gasteiger partial charge >= 0.3 is 12.2 Å². The van der Waals surface area contributed by atoms with Crippen molar-refractivity contribution in [2.24, 2.45) is 22.7 Å². The van der Waals surface area contributed by atoms with Crippen LogP contribution in [0.1, 0.15) is 141 Å². The van der Waals surface area contributed by atoms with Gasteiger partial charge in [-0.25, -0.2) is 19.6 Å². The van der Waals surface area contributed by atoms with Crippen LogP contribution in [0.5, 0.6) is 0 Å². The van der Waals surface area contributed by atoms with E-state index in [9.17, 15) is 29.4 Å². The summed E-state index contributed by atoms with van der Waals surface area (Å²) in [6.45, 7) is 9.13. The second-order valence-electron chi connectivity index (χ2n) is 22.1. The molecule has 2 saturated carbocycles. The number of aromatic nitrogens is 4. The highest BCUT2D eigenvalue weighted by atomic mass is 16.5. The van der Waals surface area contributed by atoms with Gasteiger partial charge in [-0.15, -0.1) is 0 Å². The summed E-state index contributed by atoms with van der Waals surface area (Å²) in [4.78, 5) is 74.3. The Kier molecular flexibility index (Phi) is 13.3. The van der Waals surface area contributed by atoms with Gasteiger partial charge in [0.25, 0.3) is 0 Å². The summed E-state index contributed by atoms with van der Waals surface area (Å²) in [5, 5.41) is 25.1. The number of benzene rings is 2. The Bertz CT molecular complexity index is 2340. The number of H-pyrrole nitrogens is 2. The zero-order chi connectivity index (χ0) is 48.9. The molecule has 16 heteroatoms. The first-order valence-corrected chi connectivity index (χ1v) is 25.9. The number of amides is 4. The van der Waals surface area contributed by atoms with Crippen LogP contribution in [0.2, 0.25) is 0 Å². The molecule has 6 aliphatic rings. The molecule has 2 spiro atoms. The average Bonchev–Trinajstić information content (AvgIpc) is 4.21. The largest absolute Gasteiger partial charge is 0.465 e. The van der Waals surface area contributed by atoms with Crippen molar-refractivity contribution in [1.29, 1.82) is 0 Å². The molecule has 2 aromatic heterocycles. The molecule has 4 amide bonds. The second-order valence-corrected chi connectivity index (χ2v) is 22.1. The van der Waals surface area contributed by atoms with Crippen molar-refractivity contribution in [2.45, 2.75) is 166 Å². The molecule has 0 bridgehead atoms. The fourth-order valence-corrected chi connectivity index (χ4v) is 13.9. The molecule has 4 saturated heterocycles. The SMILES string of the molecule is C[C@@H]1CC([C@H](NC(=O)O)C(=O)N2CC3(CCCC3)C[C@H]2c2nc(-c3ccc(-c4ccc(-c5c[nH]c([C@@H]6CC7(CCCC7)CN6C(=O)[C@@H](NC(=O)O)C6C[C@@H](C)O[C@H](C)C6)n5)cc4)cc3)c[nH]2)C[C@@H](C)O1. The number of rotatable bonds is 11. The predicted octanol–water partition coefficient (Wildman–Crippen LogP) is 9.48. The monoisotopic (exact) mass is 959 g/mol. The third kappa shape index (κ3) is 9.82. The standard InChI is InChI=1S/C54H70N8O8/c1-31-21-39(22-32(2)69-31)45(59-51(65)66)49(63)61-29-53(17-5-6-18-53)25-43(61)47-55-27-41(57-47)37-13-9-35(10-14-37)36-11-15-38(16-12-36)42-28-56-48(58-42)44-26-54(19-7-8-20-54)30-62(44)50(64)46(60-52(67)68)40-23-33(3)70-34(4)24-40/h9-16,27-28,31-34,39-40,43-46,59-60H,5-8,17-26,29-30H2,1-4H3,(H,55,57)(H,56,58)(H,65,66)(H,67,68)/t31-,32-,33-,34-,43+,44+,45+,46+/m1/s1. The molecule has 70 heavy (non-hydrogen) atoms. The van der Waals surface area contributed by atoms with Gasteiger partial charge in [0.1, 0.15) is 23.7 Å². The minimum Gasteiger partial charge on any atom is -0.465 e. The molecule has 2 aromatic carbocycles. The van der Waals surface area contributed by atoms with Crippen LogP contribution < -0.4 is 10.6 Å². The summed E-state index contributed by atoms with van der Waals surface area (Å²) in [6.07, 6.45) is 13.9. The van der Waals surface area contributed by atoms with Gasteiger partial charge in [-0.3, -0.25) is 9.59 Å². The maximum atomic E-state index is 14.6. The van der Waals surface area contributed by atoms with Crippen LogP contribution in [0.15, 0.2) is 60.9 Å². The fraction of sp³-hybridized carbons (Fsp3) is 0.593. The maximum Gasteiger partial charge on any atom is 0.405 e. The van der Waals surface area contributed by atoms with Crippen LogP contribution in [-0.4, -0.2) is 114 Å². The van der Waals surface area contributed by atoms with Crippen molar-refractivity contribution >= 4 is 24.0 Å². The van der Waals surface area contributed by atoms with Crippen LogP contribution in [-0.2, 0) is 19.1 Å². The Balaban J connectivity index is 0.837. The molecule has 4 aromatic rings. The summed E-state index contributed by atoms with van der Waals surface area (Å²) in [6, 6.07) is 14.3. The van der Waals surface area contributed by atoms with Gasteiger partial charge in [0.15, 0.2) is 0 Å². The molecule has 6 N–H and O–H groups in total. The number of hydrogen-bond acceptors (Lipinski definition) is 8. The third-order valence-electron chi connectivity index (χ3n) is 16.9. The lowest BCUT2D eigenvalue weighted by molar-refractivity contribution is -0.139. The zero-order valence-electron chi connectivity index (χ0n) is 41.0. The van der Waals surface area contributed by atoms with Crippen molar-refractivity contribution in [1.82, 2.24) is 40.4 Å². The lowest BCUT2D eigenvalue weighted by atomic mass is 9.84. The molecule has 6 fully saturated rings. The molecule has 0 radical (unpaired) electrons. The first kappa shape index (κ1) is 47.9. The number of aromatic amines is 2. The van der Waals surface area contributed by atoms with Gasteiger partial charge < -0.3 is 50.1 Å². The Morgan fingerprint density at radius 1 is 0.571 bits per heavy atom. The van der Waals surface area contributed by atoms with Crippen molar-refractivity contribution < 1.29 is 38.9 Å². The van der Waals surface area contributed by atoms with E-state index < -0.39 is 24.3 Å².